The van der Waals surface area contributed by atoms with Crippen LogP contribution in [0.4, 0.5) is 0 Å². The fourth-order valence-corrected chi connectivity index (χ4v) is 8.90. The maximum atomic E-state index is 6.73. The Morgan fingerprint density at radius 3 is 2.00 bits per heavy atom. The van der Waals surface area contributed by atoms with Gasteiger partial charge in [-0.15, -0.1) is 0 Å². The van der Waals surface area contributed by atoms with Gasteiger partial charge in [0.25, 0.3) is 8.32 Å². The van der Waals surface area contributed by atoms with Gasteiger partial charge in [-0.3, -0.25) is 0 Å². The molecule has 1 aromatic carbocycles. The zero-order valence-corrected chi connectivity index (χ0v) is 15.1. The second-order valence-electron chi connectivity index (χ2n) is 6.76. The fourth-order valence-electron chi connectivity index (χ4n) is 3.69. The minimum Gasteiger partial charge on any atom is -0.529 e. The molecule has 0 N–H and O–H groups in total. The Morgan fingerprint density at radius 2 is 1.43 bits per heavy atom. The Hall–Kier alpha value is -1.35. The van der Waals surface area contributed by atoms with Crippen LogP contribution in [-0.4, -0.2) is 13.3 Å². The van der Waals surface area contributed by atoms with Crippen LogP contribution < -0.4 is 4.43 Å². The zero-order chi connectivity index (χ0) is 15.6. The van der Waals surface area contributed by atoms with Crippen molar-refractivity contribution in [3.05, 3.63) is 36.5 Å². The maximum absolute atomic E-state index is 6.73. The molecule has 0 radical (unpaired) electrons. The van der Waals surface area contributed by atoms with Crippen LogP contribution in [0.15, 0.2) is 36.5 Å². The molecule has 0 unspecified atom stereocenters. The van der Waals surface area contributed by atoms with E-state index in [4.69, 9.17) is 4.43 Å². The van der Waals surface area contributed by atoms with Crippen molar-refractivity contribution in [2.45, 2.75) is 58.2 Å². The number of nitrogens with zero attached hydrogens (tertiary/aromatic N) is 1. The van der Waals surface area contributed by atoms with Crippen LogP contribution in [0, 0.1) is 0 Å². The summed E-state index contributed by atoms with van der Waals surface area (Å²) in [5.41, 5.74) is 1.66. The van der Waals surface area contributed by atoms with Crippen molar-refractivity contribution in [2.24, 2.45) is 0 Å². The summed E-state index contributed by atoms with van der Waals surface area (Å²) in [6, 6.07) is 10.4. The van der Waals surface area contributed by atoms with Crippen molar-refractivity contribution in [3.8, 4) is 5.88 Å². The van der Waals surface area contributed by atoms with E-state index in [2.05, 4.69) is 70.8 Å². The average Bonchev–Trinajstić information content (AvgIpc) is 2.43. The normalized spacial score (nSPS) is 12.6. The summed E-state index contributed by atoms with van der Waals surface area (Å²) in [5.74, 6) is 0.816. The van der Waals surface area contributed by atoms with Gasteiger partial charge in [0.05, 0.1) is 0 Å². The topological polar surface area (TPSA) is 22.1 Å². The van der Waals surface area contributed by atoms with E-state index in [1.165, 1.54) is 5.39 Å². The molecular weight excluding hydrogens is 274 g/mol. The molecule has 0 aliphatic carbocycles. The first-order valence-electron chi connectivity index (χ1n) is 7.92. The number of rotatable bonds is 5. The first-order valence-corrected chi connectivity index (χ1v) is 10.1. The molecule has 2 nitrogen and oxygen atoms in total. The van der Waals surface area contributed by atoms with Gasteiger partial charge in [0.2, 0.25) is 5.88 Å². The summed E-state index contributed by atoms with van der Waals surface area (Å²) in [5, 5.41) is 2.32. The monoisotopic (exact) mass is 301 g/mol. The third-order valence-corrected chi connectivity index (χ3v) is 10.6. The summed E-state index contributed by atoms with van der Waals surface area (Å²) in [4.78, 5) is 4.55. The van der Waals surface area contributed by atoms with Crippen molar-refractivity contribution < 1.29 is 4.43 Å². The molecule has 114 valence electrons. The molecule has 3 heteroatoms. The highest BCUT2D eigenvalue weighted by Gasteiger charge is 2.47. The number of fused-ring (bicyclic) bond motifs is 1. The van der Waals surface area contributed by atoms with E-state index < -0.39 is 8.32 Å². The molecule has 2 rings (SSSR count). The lowest BCUT2D eigenvalue weighted by molar-refractivity contribution is 0.469. The highest BCUT2D eigenvalue weighted by Crippen LogP contribution is 2.43. The van der Waals surface area contributed by atoms with E-state index >= 15 is 0 Å². The largest absolute Gasteiger partial charge is 0.529 e. The summed E-state index contributed by atoms with van der Waals surface area (Å²) < 4.78 is 6.73. The van der Waals surface area contributed by atoms with Gasteiger partial charge in [-0.25, -0.2) is 4.98 Å². The van der Waals surface area contributed by atoms with E-state index in [9.17, 15) is 0 Å². The second-order valence-corrected chi connectivity index (χ2v) is 12.1. The average molecular weight is 302 g/mol. The molecule has 0 amide bonds. The highest BCUT2D eigenvalue weighted by atomic mass is 28.4. The minimum absolute atomic E-state index is 0.554. The van der Waals surface area contributed by atoms with E-state index in [1.807, 2.05) is 12.3 Å². The molecular formula is C18H27NOSi. The van der Waals surface area contributed by atoms with Gasteiger partial charge in [0.15, 0.2) is 0 Å². The summed E-state index contributed by atoms with van der Waals surface area (Å²) in [6.45, 7) is 13.8. The minimum atomic E-state index is -1.95. The molecule has 0 saturated heterocycles. The second kappa shape index (κ2) is 6.18. The van der Waals surface area contributed by atoms with Crippen LogP contribution in [0.3, 0.4) is 0 Å². The van der Waals surface area contributed by atoms with Gasteiger partial charge >= 0.3 is 0 Å². The van der Waals surface area contributed by atoms with Crippen LogP contribution in [0.25, 0.3) is 10.8 Å². The first-order chi connectivity index (χ1) is 9.89. The van der Waals surface area contributed by atoms with Crippen molar-refractivity contribution in [3.63, 3.8) is 0 Å². The van der Waals surface area contributed by atoms with E-state index in [1.54, 1.807) is 0 Å². The summed E-state index contributed by atoms with van der Waals surface area (Å²) >= 11 is 0. The lowest BCUT2D eigenvalue weighted by atomic mass is 10.2. The molecule has 1 heterocycles. The quantitative estimate of drug-likeness (QED) is 0.652. The predicted octanol–water partition coefficient (Wildman–Crippen LogP) is 5.79. The number of pyridine rings is 1. The van der Waals surface area contributed by atoms with Crippen LogP contribution in [-0.2, 0) is 0 Å². The Morgan fingerprint density at radius 1 is 0.857 bits per heavy atom. The molecule has 2 aromatic rings. The van der Waals surface area contributed by atoms with Crippen LogP contribution in [0.1, 0.15) is 41.5 Å². The molecule has 0 fully saturated rings. The van der Waals surface area contributed by atoms with Gasteiger partial charge in [-0.05, 0) is 34.1 Å². The lowest BCUT2D eigenvalue weighted by Gasteiger charge is -2.41. The smallest absolute Gasteiger partial charge is 0.260 e. The van der Waals surface area contributed by atoms with Gasteiger partial charge in [-0.2, -0.15) is 0 Å². The van der Waals surface area contributed by atoms with Crippen LogP contribution >= 0.6 is 0 Å². The maximum Gasteiger partial charge on any atom is 0.260 e. The van der Waals surface area contributed by atoms with E-state index in [-0.39, 0.29) is 0 Å². The predicted molar refractivity (Wildman–Crippen MR) is 93.4 cm³/mol. The Kier molecular flexibility index (Phi) is 4.72. The first kappa shape index (κ1) is 16.0. The van der Waals surface area contributed by atoms with Gasteiger partial charge in [-0.1, -0.05) is 59.7 Å². The molecule has 0 spiro atoms. The number of hydrogen-bond acceptors (Lipinski definition) is 2. The molecule has 0 atom stereocenters. The van der Waals surface area contributed by atoms with Crippen molar-refractivity contribution in [1.29, 1.82) is 0 Å². The van der Waals surface area contributed by atoms with E-state index in [0.29, 0.717) is 16.6 Å². The van der Waals surface area contributed by atoms with Gasteiger partial charge in [0.1, 0.15) is 0 Å². The fraction of sp³-hybridized carbons (Fsp3) is 0.500. The molecule has 1 aromatic heterocycles. The highest BCUT2D eigenvalue weighted by molar-refractivity contribution is 6.78. The molecule has 0 aliphatic rings. The Bertz CT molecular complexity index is 580. The number of aromatic nitrogens is 1. The van der Waals surface area contributed by atoms with Crippen LogP contribution in [0.2, 0.25) is 16.6 Å². The summed E-state index contributed by atoms with van der Waals surface area (Å²) in [6.07, 6.45) is 1.86. The summed E-state index contributed by atoms with van der Waals surface area (Å²) in [7, 11) is -1.95. The third-order valence-electron chi connectivity index (χ3n) is 4.62. The Balaban J connectivity index is 2.54. The Labute approximate surface area is 129 Å². The molecule has 21 heavy (non-hydrogen) atoms. The van der Waals surface area contributed by atoms with Crippen molar-refractivity contribution in [2.75, 3.05) is 0 Å². The van der Waals surface area contributed by atoms with Crippen LogP contribution in [0.5, 0.6) is 5.88 Å². The third kappa shape index (κ3) is 2.84. The van der Waals surface area contributed by atoms with Crippen molar-refractivity contribution in [1.82, 2.24) is 4.98 Å². The van der Waals surface area contributed by atoms with Gasteiger partial charge < -0.3 is 4.43 Å². The number of hydrogen-bond donors (Lipinski definition) is 0. The SMILES string of the molecule is CC(C)[Si](Oc1nccc2ccccc12)(C(C)C)C(C)C. The number of benzene rings is 1. The molecule has 0 aliphatic heterocycles. The standard InChI is InChI=1S/C18H27NOSi/c1-13(2)21(14(3)4,15(5)6)20-18-17-10-8-7-9-16(17)11-12-19-18/h7-15H,1-6H3. The van der Waals surface area contributed by atoms with Crippen molar-refractivity contribution >= 4 is 19.1 Å². The molecule has 0 saturated carbocycles. The van der Waals surface area contributed by atoms with Gasteiger partial charge in [0, 0.05) is 11.6 Å². The zero-order valence-electron chi connectivity index (χ0n) is 14.1. The molecule has 0 bridgehead atoms. The lowest BCUT2D eigenvalue weighted by Crippen LogP contribution is -2.50. The van der Waals surface area contributed by atoms with E-state index in [0.717, 1.165) is 11.3 Å².